The van der Waals surface area contributed by atoms with Crippen molar-refractivity contribution in [2.24, 2.45) is 0 Å². The standard InChI is InChI=1S/C11H13BrO2S/c1-7(6-13)15-11-4-3-9(12)5-10(11)8(2)14/h3-5,7,13H,6H2,1-2H3. The summed E-state index contributed by atoms with van der Waals surface area (Å²) in [5, 5.41) is 9.07. The van der Waals surface area contributed by atoms with E-state index in [1.807, 2.05) is 25.1 Å². The van der Waals surface area contributed by atoms with Crippen molar-refractivity contribution in [3.8, 4) is 0 Å². The molecule has 0 aromatic heterocycles. The van der Waals surface area contributed by atoms with Gasteiger partial charge in [0.05, 0.1) is 6.61 Å². The van der Waals surface area contributed by atoms with Crippen LogP contribution >= 0.6 is 27.7 Å². The highest BCUT2D eigenvalue weighted by molar-refractivity contribution is 9.10. The maximum atomic E-state index is 11.4. The second-order valence-corrected chi connectivity index (χ2v) is 5.70. The van der Waals surface area contributed by atoms with Crippen LogP contribution in [-0.4, -0.2) is 22.7 Å². The second-order valence-electron chi connectivity index (χ2n) is 3.31. The highest BCUT2D eigenvalue weighted by Crippen LogP contribution is 2.29. The maximum Gasteiger partial charge on any atom is 0.160 e. The molecule has 0 aliphatic rings. The molecule has 0 spiro atoms. The highest BCUT2D eigenvalue weighted by Gasteiger charge is 2.11. The van der Waals surface area contributed by atoms with Crippen LogP contribution in [0, 0.1) is 0 Å². The molecule has 1 aromatic carbocycles. The van der Waals surface area contributed by atoms with Crippen LogP contribution in [0.3, 0.4) is 0 Å². The molecule has 0 amide bonds. The quantitative estimate of drug-likeness (QED) is 0.683. The van der Waals surface area contributed by atoms with Gasteiger partial charge in [-0.3, -0.25) is 4.79 Å². The summed E-state index contributed by atoms with van der Waals surface area (Å²) in [5.74, 6) is 0.0453. The third kappa shape index (κ3) is 3.63. The number of rotatable bonds is 4. The smallest absolute Gasteiger partial charge is 0.160 e. The van der Waals surface area contributed by atoms with Crippen LogP contribution in [0.5, 0.6) is 0 Å². The van der Waals surface area contributed by atoms with Gasteiger partial charge in [-0.05, 0) is 25.1 Å². The van der Waals surface area contributed by atoms with Gasteiger partial charge in [-0.2, -0.15) is 0 Å². The maximum absolute atomic E-state index is 11.4. The molecule has 0 saturated carbocycles. The zero-order valence-corrected chi connectivity index (χ0v) is 11.1. The van der Waals surface area contributed by atoms with Gasteiger partial charge in [0.15, 0.2) is 5.78 Å². The normalized spacial score (nSPS) is 12.5. The van der Waals surface area contributed by atoms with E-state index in [0.29, 0.717) is 5.56 Å². The zero-order valence-electron chi connectivity index (χ0n) is 8.66. The largest absolute Gasteiger partial charge is 0.395 e. The summed E-state index contributed by atoms with van der Waals surface area (Å²) in [5.41, 5.74) is 0.703. The molecule has 2 nitrogen and oxygen atoms in total. The Kier molecular flexibility index (Phi) is 4.83. The van der Waals surface area contributed by atoms with E-state index in [9.17, 15) is 4.79 Å². The predicted molar refractivity (Wildman–Crippen MR) is 66.6 cm³/mol. The summed E-state index contributed by atoms with van der Waals surface area (Å²) < 4.78 is 0.897. The third-order valence-electron chi connectivity index (χ3n) is 1.91. The summed E-state index contributed by atoms with van der Waals surface area (Å²) >= 11 is 4.85. The van der Waals surface area contributed by atoms with Crippen molar-refractivity contribution in [2.45, 2.75) is 24.0 Å². The molecule has 1 atom stereocenters. The van der Waals surface area contributed by atoms with Gasteiger partial charge in [-0.25, -0.2) is 0 Å². The number of aliphatic hydroxyl groups is 1. The van der Waals surface area contributed by atoms with Gasteiger partial charge in [0.1, 0.15) is 0 Å². The third-order valence-corrected chi connectivity index (χ3v) is 3.56. The van der Waals surface area contributed by atoms with E-state index in [0.717, 1.165) is 9.37 Å². The van der Waals surface area contributed by atoms with E-state index < -0.39 is 0 Å². The van der Waals surface area contributed by atoms with E-state index in [4.69, 9.17) is 5.11 Å². The van der Waals surface area contributed by atoms with Crippen LogP contribution in [0.25, 0.3) is 0 Å². The van der Waals surface area contributed by atoms with Crippen LogP contribution < -0.4 is 0 Å². The van der Waals surface area contributed by atoms with Gasteiger partial charge in [0, 0.05) is 20.2 Å². The molecule has 0 aliphatic carbocycles. The summed E-state index contributed by atoms with van der Waals surface area (Å²) in [7, 11) is 0. The number of halogens is 1. The predicted octanol–water partition coefficient (Wildman–Crippen LogP) is 3.12. The van der Waals surface area contributed by atoms with Crippen LogP contribution in [0.1, 0.15) is 24.2 Å². The Morgan fingerprint density at radius 3 is 2.80 bits per heavy atom. The molecule has 1 rings (SSSR count). The Morgan fingerprint density at radius 1 is 1.60 bits per heavy atom. The number of hydrogen-bond donors (Lipinski definition) is 1. The molecule has 0 heterocycles. The lowest BCUT2D eigenvalue weighted by atomic mass is 10.1. The fourth-order valence-electron chi connectivity index (χ4n) is 1.13. The molecular formula is C11H13BrO2S. The lowest BCUT2D eigenvalue weighted by Gasteiger charge is -2.11. The van der Waals surface area contributed by atoms with Gasteiger partial charge in [-0.15, -0.1) is 11.8 Å². The van der Waals surface area contributed by atoms with Crippen molar-refractivity contribution in [1.82, 2.24) is 0 Å². The Morgan fingerprint density at radius 2 is 2.27 bits per heavy atom. The fourth-order valence-corrected chi connectivity index (χ4v) is 2.48. The second kappa shape index (κ2) is 5.68. The first-order valence-electron chi connectivity index (χ1n) is 4.62. The van der Waals surface area contributed by atoms with Crippen LogP contribution in [-0.2, 0) is 0 Å². The zero-order chi connectivity index (χ0) is 11.4. The topological polar surface area (TPSA) is 37.3 Å². The first-order chi connectivity index (χ1) is 7.04. The van der Waals surface area contributed by atoms with Crippen LogP contribution in [0.2, 0.25) is 0 Å². The van der Waals surface area contributed by atoms with Crippen molar-refractivity contribution in [2.75, 3.05) is 6.61 Å². The number of carbonyl (C=O) groups excluding carboxylic acids is 1. The van der Waals surface area contributed by atoms with Crippen molar-refractivity contribution in [3.63, 3.8) is 0 Å². The molecule has 0 bridgehead atoms. The average Bonchev–Trinajstić information content (AvgIpc) is 2.20. The van der Waals surface area contributed by atoms with Gasteiger partial charge < -0.3 is 5.11 Å². The van der Waals surface area contributed by atoms with Crippen molar-refractivity contribution < 1.29 is 9.90 Å². The molecule has 4 heteroatoms. The van der Waals surface area contributed by atoms with E-state index in [1.54, 1.807) is 6.92 Å². The molecule has 0 radical (unpaired) electrons. The van der Waals surface area contributed by atoms with Crippen LogP contribution in [0.4, 0.5) is 0 Å². The Hall–Kier alpha value is -0.320. The number of hydrogen-bond acceptors (Lipinski definition) is 3. The number of thioether (sulfide) groups is 1. The minimum absolute atomic E-state index is 0.0453. The molecule has 0 fully saturated rings. The van der Waals surface area contributed by atoms with Crippen LogP contribution in [0.15, 0.2) is 27.6 Å². The Labute approximate surface area is 102 Å². The van der Waals surface area contributed by atoms with E-state index in [-0.39, 0.29) is 17.6 Å². The summed E-state index contributed by atoms with van der Waals surface area (Å²) in [6.45, 7) is 3.59. The highest BCUT2D eigenvalue weighted by atomic mass is 79.9. The first kappa shape index (κ1) is 12.7. The molecule has 15 heavy (non-hydrogen) atoms. The molecule has 1 N–H and O–H groups in total. The summed E-state index contributed by atoms with van der Waals surface area (Å²) in [6, 6.07) is 5.62. The van der Waals surface area contributed by atoms with E-state index >= 15 is 0 Å². The van der Waals surface area contributed by atoms with Gasteiger partial charge in [0.25, 0.3) is 0 Å². The average molecular weight is 289 g/mol. The summed E-state index contributed by atoms with van der Waals surface area (Å²) in [6.07, 6.45) is 0. The first-order valence-corrected chi connectivity index (χ1v) is 6.30. The van der Waals surface area contributed by atoms with Crippen molar-refractivity contribution >= 4 is 33.5 Å². The summed E-state index contributed by atoms with van der Waals surface area (Å²) in [4.78, 5) is 12.3. The monoisotopic (exact) mass is 288 g/mol. The lowest BCUT2D eigenvalue weighted by molar-refractivity contribution is 0.101. The Balaban J connectivity index is 3.01. The van der Waals surface area contributed by atoms with Crippen molar-refractivity contribution in [3.05, 3.63) is 28.2 Å². The molecule has 1 aromatic rings. The van der Waals surface area contributed by atoms with Crippen molar-refractivity contribution in [1.29, 1.82) is 0 Å². The van der Waals surface area contributed by atoms with Gasteiger partial charge in [0.2, 0.25) is 0 Å². The molecule has 1 unspecified atom stereocenters. The van der Waals surface area contributed by atoms with E-state index in [1.165, 1.54) is 11.8 Å². The lowest BCUT2D eigenvalue weighted by Crippen LogP contribution is -2.04. The van der Waals surface area contributed by atoms with Gasteiger partial charge in [-0.1, -0.05) is 22.9 Å². The molecule has 0 saturated heterocycles. The fraction of sp³-hybridized carbons (Fsp3) is 0.364. The number of carbonyl (C=O) groups is 1. The number of benzene rings is 1. The van der Waals surface area contributed by atoms with Gasteiger partial charge >= 0.3 is 0 Å². The number of Topliss-reactive ketones (excluding diaryl/α,β-unsaturated/α-hetero) is 1. The molecule has 82 valence electrons. The SMILES string of the molecule is CC(=O)c1cc(Br)ccc1SC(C)CO. The minimum atomic E-state index is 0.0453. The molecular weight excluding hydrogens is 276 g/mol. The number of ketones is 1. The molecule has 0 aliphatic heterocycles. The number of aliphatic hydroxyl groups excluding tert-OH is 1. The minimum Gasteiger partial charge on any atom is -0.395 e. The Bertz CT molecular complexity index is 366. The van der Waals surface area contributed by atoms with E-state index in [2.05, 4.69) is 15.9 Å².